The highest BCUT2D eigenvalue weighted by atomic mass is 19.4. The van der Waals surface area contributed by atoms with Gasteiger partial charge in [-0.25, -0.2) is 0 Å². The van der Waals surface area contributed by atoms with Crippen molar-refractivity contribution in [1.29, 1.82) is 0 Å². The van der Waals surface area contributed by atoms with Crippen LogP contribution in [0, 0.1) is 0 Å². The SMILES string of the molecule is CCC(CNC1CC1)OCCCC(F)(F)F. The maximum Gasteiger partial charge on any atom is 0.389 e. The molecule has 1 N–H and O–H groups in total. The molecule has 0 aromatic carbocycles. The Labute approximate surface area is 94.5 Å². The van der Waals surface area contributed by atoms with Crippen LogP contribution in [0.25, 0.3) is 0 Å². The Balaban J connectivity index is 1.99. The zero-order chi connectivity index (χ0) is 12.0. The minimum atomic E-state index is -4.06. The summed E-state index contributed by atoms with van der Waals surface area (Å²) in [6.45, 7) is 2.94. The van der Waals surface area contributed by atoms with Crippen molar-refractivity contribution >= 4 is 0 Å². The van der Waals surface area contributed by atoms with Crippen LogP contribution >= 0.6 is 0 Å². The first kappa shape index (κ1) is 13.8. The van der Waals surface area contributed by atoms with Crippen molar-refractivity contribution < 1.29 is 17.9 Å². The van der Waals surface area contributed by atoms with E-state index in [2.05, 4.69) is 5.32 Å². The Morgan fingerprint density at radius 2 is 2.06 bits per heavy atom. The van der Waals surface area contributed by atoms with E-state index in [0.29, 0.717) is 6.04 Å². The Morgan fingerprint density at radius 1 is 1.38 bits per heavy atom. The molecular weight excluding hydrogens is 219 g/mol. The van der Waals surface area contributed by atoms with E-state index in [1.807, 2.05) is 6.92 Å². The molecule has 1 atom stereocenters. The van der Waals surface area contributed by atoms with Crippen LogP contribution in [0.15, 0.2) is 0 Å². The predicted molar refractivity (Wildman–Crippen MR) is 56.3 cm³/mol. The minimum absolute atomic E-state index is 0.0498. The first-order chi connectivity index (χ1) is 7.51. The molecule has 1 aliphatic carbocycles. The normalized spacial score (nSPS) is 18.8. The lowest BCUT2D eigenvalue weighted by Crippen LogP contribution is -2.30. The van der Waals surface area contributed by atoms with Crippen LogP contribution in [0.3, 0.4) is 0 Å². The van der Waals surface area contributed by atoms with Gasteiger partial charge in [-0.3, -0.25) is 0 Å². The van der Waals surface area contributed by atoms with Crippen LogP contribution in [0.4, 0.5) is 13.2 Å². The van der Waals surface area contributed by atoms with Crippen molar-refractivity contribution in [3.8, 4) is 0 Å². The summed E-state index contributed by atoms with van der Waals surface area (Å²) in [5.41, 5.74) is 0. The smallest absolute Gasteiger partial charge is 0.377 e. The Morgan fingerprint density at radius 3 is 2.56 bits per heavy atom. The van der Waals surface area contributed by atoms with Crippen molar-refractivity contribution in [2.75, 3.05) is 13.2 Å². The van der Waals surface area contributed by atoms with E-state index < -0.39 is 12.6 Å². The van der Waals surface area contributed by atoms with E-state index in [1.54, 1.807) is 0 Å². The number of alkyl halides is 3. The Kier molecular flexibility index (Phi) is 5.55. The summed E-state index contributed by atoms with van der Waals surface area (Å²) in [5.74, 6) is 0. The summed E-state index contributed by atoms with van der Waals surface area (Å²) in [5, 5.41) is 3.32. The fraction of sp³-hybridized carbons (Fsp3) is 1.00. The third-order valence-corrected chi connectivity index (χ3v) is 2.63. The molecule has 1 saturated carbocycles. The van der Waals surface area contributed by atoms with Gasteiger partial charge in [0.2, 0.25) is 0 Å². The van der Waals surface area contributed by atoms with Gasteiger partial charge in [-0.1, -0.05) is 6.92 Å². The molecule has 5 heteroatoms. The Hall–Kier alpha value is -0.290. The van der Waals surface area contributed by atoms with Crippen LogP contribution < -0.4 is 5.32 Å². The van der Waals surface area contributed by atoms with Crippen molar-refractivity contribution in [3.05, 3.63) is 0 Å². The maximum absolute atomic E-state index is 11.9. The summed E-state index contributed by atoms with van der Waals surface area (Å²) < 4.78 is 41.0. The quantitative estimate of drug-likeness (QED) is 0.658. The van der Waals surface area contributed by atoms with Gasteiger partial charge >= 0.3 is 6.18 Å². The lowest BCUT2D eigenvalue weighted by molar-refractivity contribution is -0.138. The van der Waals surface area contributed by atoms with E-state index in [0.717, 1.165) is 13.0 Å². The number of halogens is 3. The second-order valence-corrected chi connectivity index (χ2v) is 4.30. The van der Waals surface area contributed by atoms with E-state index >= 15 is 0 Å². The van der Waals surface area contributed by atoms with Gasteiger partial charge in [-0.05, 0) is 25.7 Å². The van der Waals surface area contributed by atoms with Gasteiger partial charge in [-0.15, -0.1) is 0 Å². The fourth-order valence-corrected chi connectivity index (χ4v) is 1.43. The summed E-state index contributed by atoms with van der Waals surface area (Å²) in [6.07, 6.45) is -1.44. The molecule has 0 saturated heterocycles. The molecule has 2 nitrogen and oxygen atoms in total. The molecule has 0 aliphatic heterocycles. The largest absolute Gasteiger partial charge is 0.389 e. The summed E-state index contributed by atoms with van der Waals surface area (Å²) >= 11 is 0. The molecule has 0 heterocycles. The van der Waals surface area contributed by atoms with Crippen LogP contribution in [0.2, 0.25) is 0 Å². The summed E-state index contributed by atoms with van der Waals surface area (Å²) in [7, 11) is 0. The van der Waals surface area contributed by atoms with Crippen molar-refractivity contribution in [3.63, 3.8) is 0 Å². The fourth-order valence-electron chi connectivity index (χ4n) is 1.43. The second-order valence-electron chi connectivity index (χ2n) is 4.30. The molecule has 0 spiro atoms. The van der Waals surface area contributed by atoms with Gasteiger partial charge in [-0.2, -0.15) is 13.2 Å². The predicted octanol–water partition coefficient (Wildman–Crippen LogP) is 2.88. The van der Waals surface area contributed by atoms with Crippen LogP contribution in [-0.4, -0.2) is 31.5 Å². The van der Waals surface area contributed by atoms with E-state index in [4.69, 9.17) is 4.74 Å². The molecule has 1 aliphatic rings. The van der Waals surface area contributed by atoms with Crippen LogP contribution in [-0.2, 0) is 4.74 Å². The molecule has 0 bridgehead atoms. The van der Waals surface area contributed by atoms with E-state index in [9.17, 15) is 13.2 Å². The lowest BCUT2D eigenvalue weighted by Gasteiger charge is -2.17. The van der Waals surface area contributed by atoms with Gasteiger partial charge in [0.1, 0.15) is 0 Å². The summed E-state index contributed by atoms with van der Waals surface area (Å²) in [4.78, 5) is 0. The first-order valence-corrected chi connectivity index (χ1v) is 5.93. The first-order valence-electron chi connectivity index (χ1n) is 5.93. The van der Waals surface area contributed by atoms with Gasteiger partial charge in [0, 0.05) is 25.6 Å². The summed E-state index contributed by atoms with van der Waals surface area (Å²) in [6, 6.07) is 0.618. The molecule has 1 rings (SSSR count). The highest BCUT2D eigenvalue weighted by Crippen LogP contribution is 2.21. The number of rotatable bonds is 8. The van der Waals surface area contributed by atoms with E-state index in [-0.39, 0.29) is 19.1 Å². The van der Waals surface area contributed by atoms with Crippen molar-refractivity contribution in [1.82, 2.24) is 5.32 Å². The molecule has 0 aromatic rings. The molecule has 96 valence electrons. The average molecular weight is 239 g/mol. The minimum Gasteiger partial charge on any atom is -0.377 e. The third kappa shape index (κ3) is 7.06. The van der Waals surface area contributed by atoms with Crippen molar-refractivity contribution in [2.45, 2.75) is 57.3 Å². The van der Waals surface area contributed by atoms with Gasteiger partial charge in [0.05, 0.1) is 6.10 Å². The zero-order valence-electron chi connectivity index (χ0n) is 9.65. The third-order valence-electron chi connectivity index (χ3n) is 2.63. The monoisotopic (exact) mass is 239 g/mol. The van der Waals surface area contributed by atoms with Crippen molar-refractivity contribution in [2.24, 2.45) is 0 Å². The zero-order valence-corrected chi connectivity index (χ0v) is 9.65. The highest BCUT2D eigenvalue weighted by Gasteiger charge is 2.26. The van der Waals surface area contributed by atoms with Gasteiger partial charge in [0.15, 0.2) is 0 Å². The van der Waals surface area contributed by atoms with Crippen LogP contribution in [0.5, 0.6) is 0 Å². The molecule has 0 amide bonds. The lowest BCUT2D eigenvalue weighted by atomic mass is 10.2. The average Bonchev–Trinajstić information content (AvgIpc) is 2.99. The molecular formula is C11H20F3NO. The van der Waals surface area contributed by atoms with Gasteiger partial charge in [0.25, 0.3) is 0 Å². The Bertz CT molecular complexity index is 192. The number of hydrogen-bond donors (Lipinski definition) is 1. The molecule has 1 unspecified atom stereocenters. The number of hydrogen-bond acceptors (Lipinski definition) is 2. The molecule has 0 aromatic heterocycles. The molecule has 16 heavy (non-hydrogen) atoms. The number of nitrogens with one attached hydrogen (secondary N) is 1. The van der Waals surface area contributed by atoms with Crippen LogP contribution in [0.1, 0.15) is 39.0 Å². The number of ether oxygens (including phenoxy) is 1. The van der Waals surface area contributed by atoms with E-state index in [1.165, 1.54) is 12.8 Å². The molecule has 0 radical (unpaired) electrons. The topological polar surface area (TPSA) is 21.3 Å². The second kappa shape index (κ2) is 6.45. The molecule has 1 fully saturated rings. The highest BCUT2D eigenvalue weighted by molar-refractivity contribution is 4.81. The van der Waals surface area contributed by atoms with Gasteiger partial charge < -0.3 is 10.1 Å². The standard InChI is InChI=1S/C11H20F3NO/c1-2-10(8-15-9-4-5-9)16-7-3-6-11(12,13)14/h9-10,15H,2-8H2,1H3. The maximum atomic E-state index is 11.9.